The highest BCUT2D eigenvalue weighted by molar-refractivity contribution is 5.07. The molecule has 0 spiro atoms. The van der Waals surface area contributed by atoms with E-state index in [1.165, 1.54) is 0 Å². The van der Waals surface area contributed by atoms with Crippen LogP contribution in [0.4, 0.5) is 0 Å². The first-order valence-electron chi connectivity index (χ1n) is 1.73. The van der Waals surface area contributed by atoms with E-state index < -0.39 is 0 Å². The van der Waals surface area contributed by atoms with Crippen LogP contribution in [0, 0.1) is 6.54 Å². The van der Waals surface area contributed by atoms with E-state index in [0.29, 0.717) is 0 Å². The maximum absolute atomic E-state index is 4.53. The zero-order chi connectivity index (χ0) is 4.41. The minimum absolute atomic E-state index is 0.995. The molecule has 0 aromatic carbocycles. The van der Waals surface area contributed by atoms with Crippen LogP contribution in [0.5, 0.6) is 0 Å². The molecule has 0 amide bonds. The highest BCUT2D eigenvalue weighted by Gasteiger charge is 1.96. The Morgan fingerprint density at radius 3 is 3.00 bits per heavy atom. The van der Waals surface area contributed by atoms with Gasteiger partial charge in [-0.15, -0.1) is 5.48 Å². The van der Waals surface area contributed by atoms with Crippen molar-refractivity contribution in [1.29, 1.82) is 0 Å². The second-order valence-electron chi connectivity index (χ2n) is 1.15. The van der Waals surface area contributed by atoms with Gasteiger partial charge in [0, 0.05) is 0 Å². The fraction of sp³-hybridized carbons (Fsp3) is 0.250. The number of hydroxylamine groups is 1. The summed E-state index contributed by atoms with van der Waals surface area (Å²) in [5.74, 6) is 0. The van der Waals surface area contributed by atoms with Crippen molar-refractivity contribution in [2.24, 2.45) is 0 Å². The number of nitrogens with one attached hydrogen (secondary N) is 1. The van der Waals surface area contributed by atoms with Crippen LogP contribution in [0.25, 0.3) is 0 Å². The van der Waals surface area contributed by atoms with Crippen molar-refractivity contribution in [1.82, 2.24) is 5.48 Å². The Hall–Kier alpha value is -0.500. The van der Waals surface area contributed by atoms with Crippen LogP contribution in [0.3, 0.4) is 0 Å². The predicted octanol–water partition coefficient (Wildman–Crippen LogP) is 0.464. The van der Waals surface area contributed by atoms with Crippen LogP contribution >= 0.6 is 0 Å². The zero-order valence-corrected chi connectivity index (χ0v) is 3.49. The molecular weight excluding hydrogens is 78.0 g/mol. The summed E-state index contributed by atoms with van der Waals surface area (Å²) in [7, 11) is 0. The molecule has 32 valence electrons. The van der Waals surface area contributed by atoms with Crippen LogP contribution in [0.2, 0.25) is 0 Å². The van der Waals surface area contributed by atoms with Crippen molar-refractivity contribution in [3.05, 3.63) is 18.4 Å². The Morgan fingerprint density at radius 1 is 2.00 bits per heavy atom. The summed E-state index contributed by atoms with van der Waals surface area (Å²) in [5.41, 5.74) is 3.42. The summed E-state index contributed by atoms with van der Waals surface area (Å²) in [5, 5.41) is 0. The molecule has 0 aliphatic carbocycles. The average molecular weight is 83.1 g/mol. The Morgan fingerprint density at radius 2 is 2.83 bits per heavy atom. The first-order valence-corrected chi connectivity index (χ1v) is 1.73. The number of hydrogen-bond acceptors (Lipinski definition) is 2. The van der Waals surface area contributed by atoms with Gasteiger partial charge >= 0.3 is 0 Å². The van der Waals surface area contributed by atoms with Gasteiger partial charge in [0.05, 0.1) is 0 Å². The van der Waals surface area contributed by atoms with Gasteiger partial charge in [0.15, 0.2) is 0 Å². The van der Waals surface area contributed by atoms with Crippen molar-refractivity contribution in [2.45, 2.75) is 6.92 Å². The van der Waals surface area contributed by atoms with Crippen LogP contribution in [-0.4, -0.2) is 0 Å². The lowest BCUT2D eigenvalue weighted by molar-refractivity contribution is 0.184. The Balaban J connectivity index is 2.45. The SMILES string of the molecule is CC1=CON[C]1. The minimum atomic E-state index is 0.995. The summed E-state index contributed by atoms with van der Waals surface area (Å²) in [6, 6.07) is 0. The molecule has 0 unspecified atom stereocenters. The van der Waals surface area contributed by atoms with Crippen LogP contribution < -0.4 is 5.48 Å². The summed E-state index contributed by atoms with van der Waals surface area (Å²) in [6.45, 7) is 4.61. The van der Waals surface area contributed by atoms with Crippen molar-refractivity contribution >= 4 is 0 Å². The molecule has 6 heavy (non-hydrogen) atoms. The molecule has 0 bridgehead atoms. The highest BCUT2D eigenvalue weighted by atomic mass is 16.6. The van der Waals surface area contributed by atoms with E-state index in [1.54, 1.807) is 6.26 Å². The maximum Gasteiger partial charge on any atom is 0.133 e. The van der Waals surface area contributed by atoms with E-state index >= 15 is 0 Å². The lowest BCUT2D eigenvalue weighted by Crippen LogP contribution is -1.97. The summed E-state index contributed by atoms with van der Waals surface area (Å²) < 4.78 is 0. The molecule has 1 N–H and O–H groups in total. The fourth-order valence-electron chi connectivity index (χ4n) is 0.257. The first-order chi connectivity index (χ1) is 2.89. The molecule has 0 saturated carbocycles. The molecule has 2 nitrogen and oxygen atoms in total. The van der Waals surface area contributed by atoms with Crippen LogP contribution in [0.1, 0.15) is 6.92 Å². The quantitative estimate of drug-likeness (QED) is 0.459. The standard InChI is InChI=1S/C4H5NO/c1-4-2-5-6-3-4/h3,5H,1H3. The second-order valence-corrected chi connectivity index (χ2v) is 1.15. The summed E-state index contributed by atoms with van der Waals surface area (Å²) >= 11 is 0. The maximum atomic E-state index is 4.53. The molecule has 0 aromatic rings. The molecule has 1 aliphatic heterocycles. The van der Waals surface area contributed by atoms with Crippen LogP contribution in [0.15, 0.2) is 11.8 Å². The zero-order valence-electron chi connectivity index (χ0n) is 3.49. The third-order valence-electron chi connectivity index (χ3n) is 0.543. The fourth-order valence-corrected chi connectivity index (χ4v) is 0.257. The van der Waals surface area contributed by atoms with E-state index in [-0.39, 0.29) is 0 Å². The molecular formula is C4H5NO. The molecule has 1 heterocycles. The van der Waals surface area contributed by atoms with Crippen molar-refractivity contribution in [3.63, 3.8) is 0 Å². The Bertz CT molecular complexity index is 77.6. The van der Waals surface area contributed by atoms with E-state index in [0.717, 1.165) is 5.57 Å². The van der Waals surface area contributed by atoms with E-state index in [1.807, 2.05) is 6.92 Å². The molecule has 1 rings (SSSR count). The van der Waals surface area contributed by atoms with Crippen molar-refractivity contribution in [2.75, 3.05) is 0 Å². The highest BCUT2D eigenvalue weighted by Crippen LogP contribution is 1.99. The molecule has 0 aromatic heterocycles. The first kappa shape index (κ1) is 3.68. The summed E-state index contributed by atoms with van der Waals surface area (Å²) in [6.07, 6.45) is 1.60. The monoisotopic (exact) mass is 83.0 g/mol. The van der Waals surface area contributed by atoms with Gasteiger partial charge in [-0.1, -0.05) is 0 Å². The molecule has 0 saturated heterocycles. The number of hydrogen-bond donors (Lipinski definition) is 1. The van der Waals surface area contributed by atoms with Gasteiger partial charge < -0.3 is 4.84 Å². The lowest BCUT2D eigenvalue weighted by atomic mass is 10.4. The largest absolute Gasteiger partial charge is 0.416 e. The minimum Gasteiger partial charge on any atom is -0.416 e. The van der Waals surface area contributed by atoms with Gasteiger partial charge in [-0.25, -0.2) is 0 Å². The van der Waals surface area contributed by atoms with Gasteiger partial charge in [-0.3, -0.25) is 0 Å². The third-order valence-corrected chi connectivity index (χ3v) is 0.543. The average Bonchev–Trinajstić information content (AvgIpc) is 1.86. The van der Waals surface area contributed by atoms with Gasteiger partial charge in [0.25, 0.3) is 0 Å². The Kier molecular flexibility index (Phi) is 0.801. The smallest absolute Gasteiger partial charge is 0.133 e. The van der Waals surface area contributed by atoms with E-state index in [9.17, 15) is 0 Å². The molecule has 0 atom stereocenters. The van der Waals surface area contributed by atoms with Gasteiger partial charge in [-0.2, -0.15) is 0 Å². The topological polar surface area (TPSA) is 21.3 Å². The predicted molar refractivity (Wildman–Crippen MR) is 21.2 cm³/mol. The molecule has 1 aliphatic rings. The van der Waals surface area contributed by atoms with E-state index in [2.05, 4.69) is 16.9 Å². The van der Waals surface area contributed by atoms with Gasteiger partial charge in [-0.05, 0) is 12.5 Å². The van der Waals surface area contributed by atoms with Gasteiger partial charge in [0.1, 0.15) is 12.8 Å². The molecule has 0 fully saturated rings. The molecule has 2 heteroatoms. The third kappa shape index (κ3) is 0.518. The van der Waals surface area contributed by atoms with E-state index in [4.69, 9.17) is 0 Å². The number of rotatable bonds is 0. The van der Waals surface area contributed by atoms with Crippen molar-refractivity contribution < 1.29 is 4.84 Å². The second kappa shape index (κ2) is 1.30. The molecule has 2 radical (unpaired) electrons. The summed E-state index contributed by atoms with van der Waals surface area (Å²) in [4.78, 5) is 4.53. The normalized spacial score (nSPS) is 19.8. The van der Waals surface area contributed by atoms with Crippen molar-refractivity contribution in [3.8, 4) is 0 Å². The lowest BCUT2D eigenvalue weighted by Gasteiger charge is -1.82. The van der Waals surface area contributed by atoms with Gasteiger partial charge in [0.2, 0.25) is 0 Å². The Labute approximate surface area is 36.8 Å². The van der Waals surface area contributed by atoms with Crippen LogP contribution in [-0.2, 0) is 4.84 Å².